The van der Waals surface area contributed by atoms with Crippen LogP contribution in [0.15, 0.2) is 24.5 Å². The summed E-state index contributed by atoms with van der Waals surface area (Å²) in [5.74, 6) is 0.437. The minimum atomic E-state index is 0.437. The molecule has 0 saturated carbocycles. The molecule has 1 aliphatic rings. The third-order valence-electron chi connectivity index (χ3n) is 3.01. The van der Waals surface area contributed by atoms with Crippen LogP contribution < -0.4 is 0 Å². The molecule has 2 aromatic rings. The van der Waals surface area contributed by atoms with Crippen LogP contribution >= 0.6 is 11.6 Å². The number of nitrogens with zero attached hydrogens (tertiary/aromatic N) is 2. The predicted octanol–water partition coefficient (Wildman–Crippen LogP) is 2.88. The Bertz CT molecular complexity index is 503. The molecule has 0 radical (unpaired) electrons. The number of halogens is 1. The lowest BCUT2D eigenvalue weighted by molar-refractivity contribution is 0.0794. The Morgan fingerprint density at radius 3 is 3.12 bits per heavy atom. The van der Waals surface area contributed by atoms with E-state index in [0.717, 1.165) is 42.4 Å². The van der Waals surface area contributed by atoms with Gasteiger partial charge in [-0.25, -0.2) is 4.98 Å². The van der Waals surface area contributed by atoms with E-state index in [1.165, 1.54) is 0 Å². The number of rotatable bonds is 1. The first kappa shape index (κ1) is 10.1. The van der Waals surface area contributed by atoms with E-state index >= 15 is 0 Å². The van der Waals surface area contributed by atoms with Crippen molar-refractivity contribution < 1.29 is 4.74 Å². The highest BCUT2D eigenvalue weighted by molar-refractivity contribution is 6.30. The Morgan fingerprint density at radius 2 is 2.31 bits per heavy atom. The number of imidazole rings is 1. The van der Waals surface area contributed by atoms with Crippen LogP contribution in [0.5, 0.6) is 0 Å². The number of hydrogen-bond acceptors (Lipinski definition) is 2. The summed E-state index contributed by atoms with van der Waals surface area (Å²) in [6, 6.07) is 3.81. The number of fused-ring (bicyclic) bond motifs is 1. The van der Waals surface area contributed by atoms with Crippen molar-refractivity contribution in [1.82, 2.24) is 9.38 Å². The van der Waals surface area contributed by atoms with Crippen LogP contribution in [-0.2, 0) is 4.74 Å². The van der Waals surface area contributed by atoms with E-state index in [0.29, 0.717) is 5.92 Å². The van der Waals surface area contributed by atoms with Gasteiger partial charge in [-0.15, -0.1) is 0 Å². The summed E-state index contributed by atoms with van der Waals surface area (Å²) in [5, 5.41) is 0.733. The van der Waals surface area contributed by atoms with E-state index in [-0.39, 0.29) is 0 Å². The third kappa shape index (κ3) is 1.81. The van der Waals surface area contributed by atoms with Crippen LogP contribution in [0.4, 0.5) is 0 Å². The van der Waals surface area contributed by atoms with E-state index < -0.39 is 0 Å². The summed E-state index contributed by atoms with van der Waals surface area (Å²) >= 11 is 5.94. The van der Waals surface area contributed by atoms with Crippen LogP contribution in [0, 0.1) is 0 Å². The van der Waals surface area contributed by atoms with E-state index in [4.69, 9.17) is 16.3 Å². The Hall–Kier alpha value is -1.06. The fourth-order valence-electron chi connectivity index (χ4n) is 2.15. The Kier molecular flexibility index (Phi) is 2.58. The smallest absolute Gasteiger partial charge is 0.137 e. The third-order valence-corrected chi connectivity index (χ3v) is 3.24. The van der Waals surface area contributed by atoms with Crippen molar-refractivity contribution in [3.8, 4) is 0 Å². The molecule has 0 aromatic carbocycles. The highest BCUT2D eigenvalue weighted by Gasteiger charge is 2.18. The Morgan fingerprint density at radius 1 is 1.38 bits per heavy atom. The van der Waals surface area contributed by atoms with Crippen LogP contribution in [0.3, 0.4) is 0 Å². The molecule has 1 aliphatic heterocycles. The zero-order valence-electron chi connectivity index (χ0n) is 8.90. The van der Waals surface area contributed by atoms with Crippen LogP contribution in [-0.4, -0.2) is 22.6 Å². The van der Waals surface area contributed by atoms with Crippen molar-refractivity contribution in [1.29, 1.82) is 0 Å². The van der Waals surface area contributed by atoms with E-state index in [2.05, 4.69) is 11.2 Å². The van der Waals surface area contributed by atoms with Gasteiger partial charge in [0.15, 0.2) is 0 Å². The van der Waals surface area contributed by atoms with E-state index in [9.17, 15) is 0 Å². The number of aromatic nitrogens is 2. The van der Waals surface area contributed by atoms with Gasteiger partial charge in [-0.2, -0.15) is 0 Å². The second-order valence-corrected chi connectivity index (χ2v) is 4.63. The molecule has 0 amide bonds. The largest absolute Gasteiger partial charge is 0.381 e. The molecule has 0 N–H and O–H groups in total. The topological polar surface area (TPSA) is 26.5 Å². The monoisotopic (exact) mass is 236 g/mol. The first-order valence-electron chi connectivity index (χ1n) is 5.55. The van der Waals surface area contributed by atoms with Gasteiger partial charge in [-0.05, 0) is 25.0 Å². The fraction of sp³-hybridized carbons (Fsp3) is 0.417. The van der Waals surface area contributed by atoms with Gasteiger partial charge < -0.3 is 9.14 Å². The normalized spacial score (nSPS) is 21.4. The lowest BCUT2D eigenvalue weighted by atomic mass is 9.99. The number of hydrogen-bond donors (Lipinski definition) is 0. The highest BCUT2D eigenvalue weighted by Crippen LogP contribution is 2.25. The maximum Gasteiger partial charge on any atom is 0.137 e. The van der Waals surface area contributed by atoms with E-state index in [1.54, 1.807) is 0 Å². The van der Waals surface area contributed by atoms with Crippen molar-refractivity contribution in [3.63, 3.8) is 0 Å². The lowest BCUT2D eigenvalue weighted by Crippen LogP contribution is -2.15. The second-order valence-electron chi connectivity index (χ2n) is 4.19. The minimum Gasteiger partial charge on any atom is -0.381 e. The molecule has 3 rings (SSSR count). The van der Waals surface area contributed by atoms with Crippen molar-refractivity contribution in [2.75, 3.05) is 13.2 Å². The van der Waals surface area contributed by atoms with Crippen molar-refractivity contribution in [3.05, 3.63) is 35.2 Å². The highest BCUT2D eigenvalue weighted by atomic mass is 35.5. The standard InChI is InChI=1S/C12H13ClN2O/c13-10-3-4-12-14-11(7-15(12)6-10)9-2-1-5-16-8-9/h3-4,6-7,9H,1-2,5,8H2. The number of pyridine rings is 1. The molecule has 1 saturated heterocycles. The zero-order chi connectivity index (χ0) is 11.0. The summed E-state index contributed by atoms with van der Waals surface area (Å²) < 4.78 is 7.46. The Balaban J connectivity index is 1.97. The SMILES string of the molecule is Clc1ccc2nc(C3CCCOC3)cn2c1. The van der Waals surface area contributed by atoms with Gasteiger partial charge in [-0.1, -0.05) is 11.6 Å². The zero-order valence-corrected chi connectivity index (χ0v) is 9.65. The molecule has 0 spiro atoms. The van der Waals surface area contributed by atoms with Crippen molar-refractivity contribution >= 4 is 17.2 Å². The fourth-order valence-corrected chi connectivity index (χ4v) is 2.32. The molecule has 3 heterocycles. The van der Waals surface area contributed by atoms with Gasteiger partial charge in [-0.3, -0.25) is 0 Å². The molecule has 1 fully saturated rings. The molecule has 1 unspecified atom stereocenters. The summed E-state index contributed by atoms with van der Waals surface area (Å²) in [4.78, 5) is 4.60. The molecule has 0 bridgehead atoms. The molecule has 84 valence electrons. The molecule has 1 atom stereocenters. The van der Waals surface area contributed by atoms with Gasteiger partial charge in [0, 0.05) is 24.9 Å². The van der Waals surface area contributed by atoms with Crippen LogP contribution in [0.25, 0.3) is 5.65 Å². The average Bonchev–Trinajstić information content (AvgIpc) is 2.73. The van der Waals surface area contributed by atoms with Crippen LogP contribution in [0.1, 0.15) is 24.5 Å². The minimum absolute atomic E-state index is 0.437. The molecule has 4 heteroatoms. The Labute approximate surface area is 99.0 Å². The average molecular weight is 237 g/mol. The summed E-state index contributed by atoms with van der Waals surface area (Å²) in [6.07, 6.45) is 6.23. The van der Waals surface area contributed by atoms with Gasteiger partial charge >= 0.3 is 0 Å². The molecule has 2 aromatic heterocycles. The maximum atomic E-state index is 5.94. The maximum absolute atomic E-state index is 5.94. The molecule has 16 heavy (non-hydrogen) atoms. The molecule has 0 aliphatic carbocycles. The van der Waals surface area contributed by atoms with Crippen molar-refractivity contribution in [2.45, 2.75) is 18.8 Å². The van der Waals surface area contributed by atoms with Gasteiger partial charge in [0.2, 0.25) is 0 Å². The van der Waals surface area contributed by atoms with E-state index in [1.807, 2.05) is 22.7 Å². The lowest BCUT2D eigenvalue weighted by Gasteiger charge is -2.19. The molecule has 3 nitrogen and oxygen atoms in total. The van der Waals surface area contributed by atoms with Gasteiger partial charge in [0.05, 0.1) is 17.3 Å². The first-order valence-corrected chi connectivity index (χ1v) is 5.92. The quantitative estimate of drug-likeness (QED) is 0.761. The summed E-state index contributed by atoms with van der Waals surface area (Å²) in [5.41, 5.74) is 2.06. The van der Waals surface area contributed by atoms with Gasteiger partial charge in [0.25, 0.3) is 0 Å². The van der Waals surface area contributed by atoms with Crippen LogP contribution in [0.2, 0.25) is 5.02 Å². The molecular weight excluding hydrogens is 224 g/mol. The first-order chi connectivity index (χ1) is 7.83. The predicted molar refractivity (Wildman–Crippen MR) is 63.0 cm³/mol. The summed E-state index contributed by atoms with van der Waals surface area (Å²) in [7, 11) is 0. The molecular formula is C12H13ClN2O. The summed E-state index contributed by atoms with van der Waals surface area (Å²) in [6.45, 7) is 1.67. The van der Waals surface area contributed by atoms with Gasteiger partial charge in [0.1, 0.15) is 5.65 Å². The van der Waals surface area contributed by atoms with Crippen molar-refractivity contribution in [2.24, 2.45) is 0 Å². The second kappa shape index (κ2) is 4.07. The number of ether oxygens (including phenoxy) is 1.